The number of benzene rings is 1. The zero-order valence-corrected chi connectivity index (χ0v) is 13.4. The number of aromatic nitrogens is 2. The van der Waals surface area contributed by atoms with E-state index in [1.54, 1.807) is 30.2 Å². The highest BCUT2D eigenvalue weighted by Crippen LogP contribution is 2.29. The maximum Gasteiger partial charge on any atom is 0.208 e. The Morgan fingerprint density at radius 1 is 1.30 bits per heavy atom. The lowest BCUT2D eigenvalue weighted by molar-refractivity contribution is 0.414. The van der Waals surface area contributed by atoms with Crippen LogP contribution in [0.4, 0.5) is 5.13 Å². The summed E-state index contributed by atoms with van der Waals surface area (Å²) < 4.78 is 6.08. The quantitative estimate of drug-likeness (QED) is 0.827. The lowest BCUT2D eigenvalue weighted by atomic mass is 10.1. The highest BCUT2D eigenvalue weighted by atomic mass is 32.2. The topological polar surface area (TPSA) is 64.3 Å². The average molecular weight is 310 g/mol. The van der Waals surface area contributed by atoms with E-state index < -0.39 is 0 Å². The first kappa shape index (κ1) is 15.1. The van der Waals surface area contributed by atoms with Gasteiger partial charge in [0.1, 0.15) is 5.75 Å². The second kappa shape index (κ2) is 6.92. The summed E-state index contributed by atoms with van der Waals surface area (Å²) in [6.45, 7) is 0. The van der Waals surface area contributed by atoms with Crippen molar-refractivity contribution in [2.45, 2.75) is 10.4 Å². The van der Waals surface area contributed by atoms with Crippen molar-refractivity contribution in [1.82, 2.24) is 10.2 Å². The van der Waals surface area contributed by atoms with Gasteiger partial charge in [-0.1, -0.05) is 35.2 Å². The fourth-order valence-corrected chi connectivity index (χ4v) is 3.33. The number of hydrogen-bond donors (Lipinski definition) is 1. The Morgan fingerprint density at radius 3 is 2.55 bits per heavy atom. The number of methoxy groups -OCH3 is 1. The van der Waals surface area contributed by atoms with Crippen LogP contribution in [-0.2, 0) is 0 Å². The smallest absolute Gasteiger partial charge is 0.208 e. The van der Waals surface area contributed by atoms with Crippen LogP contribution in [0.5, 0.6) is 5.75 Å². The van der Waals surface area contributed by atoms with Gasteiger partial charge in [0.2, 0.25) is 5.13 Å². The summed E-state index contributed by atoms with van der Waals surface area (Å²) in [6.07, 6.45) is 0. The monoisotopic (exact) mass is 310 g/mol. The Bertz CT molecular complexity index is 542. The molecule has 1 heterocycles. The van der Waals surface area contributed by atoms with Crippen LogP contribution in [0.25, 0.3) is 0 Å². The summed E-state index contributed by atoms with van der Waals surface area (Å²) >= 11 is 3.21. The van der Waals surface area contributed by atoms with Gasteiger partial charge in [-0.25, -0.2) is 0 Å². The van der Waals surface area contributed by atoms with Crippen molar-refractivity contribution in [2.24, 2.45) is 5.73 Å². The zero-order valence-electron chi connectivity index (χ0n) is 11.7. The second-order valence-corrected chi connectivity index (χ2v) is 6.66. The van der Waals surface area contributed by atoms with Gasteiger partial charge in [-0.05, 0) is 17.7 Å². The Labute approximate surface area is 127 Å². The predicted octanol–water partition coefficient (Wildman–Crippen LogP) is 2.40. The van der Waals surface area contributed by atoms with Crippen molar-refractivity contribution >= 4 is 28.2 Å². The van der Waals surface area contributed by atoms with Crippen molar-refractivity contribution < 1.29 is 4.74 Å². The van der Waals surface area contributed by atoms with E-state index in [2.05, 4.69) is 10.2 Å². The van der Waals surface area contributed by atoms with Crippen LogP contribution >= 0.6 is 23.1 Å². The molecule has 0 radical (unpaired) electrons. The normalized spacial score (nSPS) is 12.2. The van der Waals surface area contributed by atoms with Gasteiger partial charge < -0.3 is 15.4 Å². The number of thioether (sulfide) groups is 1. The minimum atomic E-state index is -0.0300. The van der Waals surface area contributed by atoms with Crippen molar-refractivity contribution in [1.29, 1.82) is 0 Å². The van der Waals surface area contributed by atoms with E-state index in [9.17, 15) is 0 Å². The Balaban J connectivity index is 1.91. The van der Waals surface area contributed by atoms with Crippen LogP contribution in [0, 0.1) is 0 Å². The number of rotatable bonds is 6. The summed E-state index contributed by atoms with van der Waals surface area (Å²) in [5.74, 6) is 1.61. The summed E-state index contributed by atoms with van der Waals surface area (Å²) in [5, 5.41) is 9.16. The summed E-state index contributed by atoms with van der Waals surface area (Å²) in [7, 11) is 5.57. The number of hydrogen-bond acceptors (Lipinski definition) is 7. The third-order valence-electron chi connectivity index (χ3n) is 2.71. The maximum absolute atomic E-state index is 6.19. The number of ether oxygens (including phenoxy) is 1. The highest BCUT2D eigenvalue weighted by molar-refractivity contribution is 8.01. The molecule has 2 aromatic rings. The van der Waals surface area contributed by atoms with Crippen molar-refractivity contribution in [3.05, 3.63) is 29.8 Å². The highest BCUT2D eigenvalue weighted by Gasteiger charge is 2.10. The van der Waals surface area contributed by atoms with E-state index in [1.807, 2.05) is 43.3 Å². The number of nitrogens with zero attached hydrogens (tertiary/aromatic N) is 3. The van der Waals surface area contributed by atoms with Gasteiger partial charge in [0.05, 0.1) is 7.11 Å². The first-order valence-corrected chi connectivity index (χ1v) is 7.93. The molecular weight excluding hydrogens is 292 g/mol. The molecule has 0 saturated heterocycles. The van der Waals surface area contributed by atoms with Crippen molar-refractivity contribution in [3.63, 3.8) is 0 Å². The summed E-state index contributed by atoms with van der Waals surface area (Å²) in [5.41, 5.74) is 7.28. The number of anilines is 1. The second-order valence-electron chi connectivity index (χ2n) is 4.44. The molecule has 0 spiro atoms. The molecule has 20 heavy (non-hydrogen) atoms. The predicted molar refractivity (Wildman–Crippen MR) is 84.9 cm³/mol. The molecule has 1 aromatic heterocycles. The largest absolute Gasteiger partial charge is 0.497 e. The Morgan fingerprint density at radius 2 is 2.00 bits per heavy atom. The standard InChI is InChI=1S/C13H18N4OS2/c1-17(2)12-15-16-13(20-12)19-8-11(14)9-4-6-10(18-3)7-5-9/h4-7,11H,8,14H2,1-3H3. The minimum Gasteiger partial charge on any atom is -0.497 e. The van der Waals surface area contributed by atoms with E-state index in [-0.39, 0.29) is 6.04 Å². The van der Waals surface area contributed by atoms with Crippen molar-refractivity contribution in [2.75, 3.05) is 31.9 Å². The van der Waals surface area contributed by atoms with Crippen LogP contribution in [0.15, 0.2) is 28.6 Å². The van der Waals surface area contributed by atoms with E-state index in [0.717, 1.165) is 26.5 Å². The van der Waals surface area contributed by atoms with E-state index in [0.29, 0.717) is 0 Å². The third kappa shape index (κ3) is 3.84. The first-order chi connectivity index (χ1) is 9.60. The molecule has 7 heteroatoms. The van der Waals surface area contributed by atoms with Crippen LogP contribution in [0.2, 0.25) is 0 Å². The minimum absolute atomic E-state index is 0.0300. The molecule has 2 rings (SSSR count). The molecule has 1 aromatic carbocycles. The molecule has 2 N–H and O–H groups in total. The van der Waals surface area contributed by atoms with Gasteiger partial charge in [0.25, 0.3) is 0 Å². The molecule has 0 fully saturated rings. The van der Waals surface area contributed by atoms with E-state index >= 15 is 0 Å². The van der Waals surface area contributed by atoms with Crippen LogP contribution in [-0.4, -0.2) is 37.2 Å². The van der Waals surface area contributed by atoms with Gasteiger partial charge in [-0.2, -0.15) is 0 Å². The van der Waals surface area contributed by atoms with Crippen LogP contribution in [0.1, 0.15) is 11.6 Å². The average Bonchev–Trinajstić information content (AvgIpc) is 2.94. The molecule has 5 nitrogen and oxygen atoms in total. The molecule has 0 bridgehead atoms. The van der Waals surface area contributed by atoms with Crippen LogP contribution < -0.4 is 15.4 Å². The molecule has 0 aliphatic heterocycles. The molecule has 0 aliphatic rings. The molecule has 0 amide bonds. The van der Waals surface area contributed by atoms with Crippen molar-refractivity contribution in [3.8, 4) is 5.75 Å². The molecule has 1 atom stereocenters. The fourth-order valence-electron chi connectivity index (χ4n) is 1.55. The SMILES string of the molecule is COc1ccc(C(N)CSc2nnc(N(C)C)s2)cc1. The number of nitrogens with two attached hydrogens (primary N) is 1. The third-order valence-corrected chi connectivity index (χ3v) is 5.05. The summed E-state index contributed by atoms with van der Waals surface area (Å²) in [6, 6.07) is 7.81. The molecule has 1 unspecified atom stereocenters. The van der Waals surface area contributed by atoms with E-state index in [4.69, 9.17) is 10.5 Å². The van der Waals surface area contributed by atoms with E-state index in [1.165, 1.54) is 0 Å². The zero-order chi connectivity index (χ0) is 14.5. The molecular formula is C13H18N4OS2. The molecule has 0 saturated carbocycles. The van der Waals surface area contributed by atoms with Crippen LogP contribution in [0.3, 0.4) is 0 Å². The molecule has 0 aliphatic carbocycles. The van der Waals surface area contributed by atoms with Gasteiger partial charge in [-0.3, -0.25) is 0 Å². The Hall–Kier alpha value is -1.31. The maximum atomic E-state index is 6.19. The van der Waals surface area contributed by atoms with Gasteiger partial charge in [0, 0.05) is 25.9 Å². The van der Waals surface area contributed by atoms with Gasteiger partial charge in [-0.15, -0.1) is 10.2 Å². The lowest BCUT2D eigenvalue weighted by Crippen LogP contribution is -2.12. The van der Waals surface area contributed by atoms with Gasteiger partial charge >= 0.3 is 0 Å². The van der Waals surface area contributed by atoms with Gasteiger partial charge in [0.15, 0.2) is 4.34 Å². The summed E-state index contributed by atoms with van der Waals surface area (Å²) in [4.78, 5) is 1.95. The molecule has 108 valence electrons. The Kier molecular flexibility index (Phi) is 5.22. The first-order valence-electron chi connectivity index (χ1n) is 6.13. The lowest BCUT2D eigenvalue weighted by Gasteiger charge is -2.11. The fraction of sp³-hybridized carbons (Fsp3) is 0.385.